The van der Waals surface area contributed by atoms with Crippen LogP contribution in [0.4, 0.5) is 9.18 Å². The van der Waals surface area contributed by atoms with Crippen molar-refractivity contribution in [2.75, 3.05) is 13.1 Å². The molecule has 0 unspecified atom stereocenters. The molecule has 7 nitrogen and oxygen atoms in total. The Kier molecular flexibility index (Phi) is 5.55. The maximum absolute atomic E-state index is 15.1. The molecule has 1 aliphatic rings. The average molecular weight is 482 g/mol. The minimum atomic E-state index is -0.509. The van der Waals surface area contributed by atoms with E-state index in [1.807, 2.05) is 52.9 Å². The van der Waals surface area contributed by atoms with Crippen LogP contribution in [-0.4, -0.2) is 49.3 Å². The summed E-state index contributed by atoms with van der Waals surface area (Å²) in [6, 6.07) is 5.41. The summed E-state index contributed by atoms with van der Waals surface area (Å²) in [5, 5.41) is 5.56. The molecular formula is C25H28FN5O2S. The van der Waals surface area contributed by atoms with Gasteiger partial charge in [-0.2, -0.15) is 5.10 Å². The number of halogens is 1. The summed E-state index contributed by atoms with van der Waals surface area (Å²) in [7, 11) is 0. The van der Waals surface area contributed by atoms with Gasteiger partial charge in [0.25, 0.3) is 0 Å². The van der Waals surface area contributed by atoms with E-state index in [-0.39, 0.29) is 17.8 Å². The van der Waals surface area contributed by atoms with Crippen LogP contribution in [0.5, 0.6) is 0 Å². The van der Waals surface area contributed by atoms with Gasteiger partial charge in [-0.15, -0.1) is 11.3 Å². The molecule has 4 heterocycles. The molecule has 3 aromatic heterocycles. The number of thiazole rings is 1. The van der Waals surface area contributed by atoms with E-state index in [0.717, 1.165) is 45.0 Å². The molecule has 0 aliphatic carbocycles. The van der Waals surface area contributed by atoms with Gasteiger partial charge in [-0.3, -0.25) is 0 Å². The summed E-state index contributed by atoms with van der Waals surface area (Å²) in [6.07, 6.45) is 3.16. The molecule has 1 amide bonds. The summed E-state index contributed by atoms with van der Waals surface area (Å²) in [6.45, 7) is 10.7. The molecule has 0 bridgehead atoms. The number of carbonyl (C=O) groups is 1. The fraction of sp³-hybridized carbons (Fsp3) is 0.440. The lowest BCUT2D eigenvalue weighted by Crippen LogP contribution is -2.41. The number of aromatic nitrogens is 4. The fourth-order valence-electron chi connectivity index (χ4n) is 4.35. The van der Waals surface area contributed by atoms with Crippen LogP contribution in [0.2, 0.25) is 0 Å². The summed E-state index contributed by atoms with van der Waals surface area (Å²) in [5.74, 6) is -0.146. The van der Waals surface area contributed by atoms with E-state index < -0.39 is 5.60 Å². The van der Waals surface area contributed by atoms with Gasteiger partial charge in [0.1, 0.15) is 11.1 Å². The molecule has 0 radical (unpaired) electrons. The highest BCUT2D eigenvalue weighted by molar-refractivity contribution is 7.18. The zero-order valence-electron chi connectivity index (χ0n) is 20.1. The second-order valence-electron chi connectivity index (χ2n) is 9.96. The summed E-state index contributed by atoms with van der Waals surface area (Å²) in [5.41, 5.74) is 3.99. The lowest BCUT2D eigenvalue weighted by molar-refractivity contribution is 0.0205. The molecule has 34 heavy (non-hydrogen) atoms. The molecule has 0 N–H and O–H groups in total. The first-order valence-electron chi connectivity index (χ1n) is 11.5. The third-order valence-corrected chi connectivity index (χ3v) is 7.15. The zero-order valence-corrected chi connectivity index (χ0v) is 20.9. The average Bonchev–Trinajstić information content (AvgIpc) is 3.36. The van der Waals surface area contributed by atoms with Crippen LogP contribution in [0.1, 0.15) is 55.8 Å². The van der Waals surface area contributed by atoms with Crippen molar-refractivity contribution in [1.29, 1.82) is 0 Å². The number of fused-ring (bicyclic) bond motifs is 2. The zero-order chi connectivity index (χ0) is 24.2. The number of piperidine rings is 1. The minimum Gasteiger partial charge on any atom is -0.444 e. The molecule has 1 saturated heterocycles. The van der Waals surface area contributed by atoms with E-state index in [4.69, 9.17) is 4.74 Å². The van der Waals surface area contributed by atoms with Gasteiger partial charge in [0, 0.05) is 24.6 Å². The van der Waals surface area contributed by atoms with Crippen molar-refractivity contribution in [2.24, 2.45) is 0 Å². The number of aryl methyl sites for hydroxylation is 2. The van der Waals surface area contributed by atoms with Crippen LogP contribution >= 0.6 is 11.3 Å². The lowest BCUT2D eigenvalue weighted by atomic mass is 9.98. The van der Waals surface area contributed by atoms with Crippen molar-refractivity contribution in [3.05, 3.63) is 46.5 Å². The molecule has 0 saturated carbocycles. The topological polar surface area (TPSA) is 72.6 Å². The normalized spacial score (nSPS) is 15.4. The number of carbonyl (C=O) groups excluding carboxylic acids is 1. The first-order chi connectivity index (χ1) is 16.1. The Hall–Kier alpha value is -3.07. The van der Waals surface area contributed by atoms with Crippen molar-refractivity contribution < 1.29 is 13.9 Å². The molecular weight excluding hydrogens is 453 g/mol. The van der Waals surface area contributed by atoms with Gasteiger partial charge in [-0.05, 0) is 71.2 Å². The van der Waals surface area contributed by atoms with E-state index in [0.29, 0.717) is 24.3 Å². The van der Waals surface area contributed by atoms with Gasteiger partial charge in [0.2, 0.25) is 0 Å². The standard InChI is InChI=1S/C25H28FN5O2S/c1-14-10-19(29-31-13-15(2)27-22(14)31)17-11-18(26)21-20(12-17)34-23(28-21)16-6-8-30(9-7-16)24(32)33-25(3,4)5/h10-13,16H,6-9H2,1-5H3. The Bertz CT molecular complexity index is 1400. The smallest absolute Gasteiger partial charge is 0.410 e. The number of ether oxygens (including phenoxy) is 1. The lowest BCUT2D eigenvalue weighted by Gasteiger charge is -2.32. The summed E-state index contributed by atoms with van der Waals surface area (Å²) in [4.78, 5) is 23.2. The molecule has 5 rings (SSSR count). The quantitative estimate of drug-likeness (QED) is 0.358. The second-order valence-corrected chi connectivity index (χ2v) is 11.0. The fourth-order valence-corrected chi connectivity index (χ4v) is 5.54. The van der Waals surface area contributed by atoms with Gasteiger partial charge in [-0.25, -0.2) is 23.7 Å². The van der Waals surface area contributed by atoms with Gasteiger partial charge in [0.05, 0.1) is 27.3 Å². The minimum absolute atomic E-state index is 0.199. The molecule has 1 aromatic carbocycles. The predicted octanol–water partition coefficient (Wildman–Crippen LogP) is 5.88. The SMILES string of the molecule is Cc1cn2nc(-c3cc(F)c4nc(C5CCN(C(=O)OC(C)(C)C)CC5)sc4c3)cc(C)c2n1. The van der Waals surface area contributed by atoms with Crippen LogP contribution in [-0.2, 0) is 4.74 Å². The van der Waals surface area contributed by atoms with E-state index in [2.05, 4.69) is 15.1 Å². The molecule has 4 aromatic rings. The molecule has 178 valence electrons. The first-order valence-corrected chi connectivity index (χ1v) is 12.3. The summed E-state index contributed by atoms with van der Waals surface area (Å²) < 4.78 is 23.1. The maximum atomic E-state index is 15.1. The summed E-state index contributed by atoms with van der Waals surface area (Å²) >= 11 is 1.53. The van der Waals surface area contributed by atoms with E-state index in [1.165, 1.54) is 17.4 Å². The van der Waals surface area contributed by atoms with Crippen molar-refractivity contribution in [3.8, 4) is 11.3 Å². The van der Waals surface area contributed by atoms with Gasteiger partial charge >= 0.3 is 6.09 Å². The van der Waals surface area contributed by atoms with Crippen molar-refractivity contribution in [1.82, 2.24) is 24.5 Å². The van der Waals surface area contributed by atoms with Crippen LogP contribution in [0, 0.1) is 19.7 Å². The number of nitrogens with zero attached hydrogens (tertiary/aromatic N) is 5. The van der Waals surface area contributed by atoms with E-state index in [9.17, 15) is 4.79 Å². The molecule has 0 atom stereocenters. The number of imidazole rings is 1. The third-order valence-electron chi connectivity index (χ3n) is 5.99. The van der Waals surface area contributed by atoms with Gasteiger partial charge in [-0.1, -0.05) is 0 Å². The molecule has 1 aliphatic heterocycles. The van der Waals surface area contributed by atoms with Crippen LogP contribution in [0.15, 0.2) is 24.4 Å². The molecule has 0 spiro atoms. The van der Waals surface area contributed by atoms with Crippen LogP contribution in [0.3, 0.4) is 0 Å². The largest absolute Gasteiger partial charge is 0.444 e. The van der Waals surface area contributed by atoms with Crippen molar-refractivity contribution in [2.45, 2.75) is 59.0 Å². The highest BCUT2D eigenvalue weighted by Gasteiger charge is 2.29. The monoisotopic (exact) mass is 481 g/mol. The van der Waals surface area contributed by atoms with Crippen molar-refractivity contribution in [3.63, 3.8) is 0 Å². The highest BCUT2D eigenvalue weighted by atomic mass is 32.1. The Morgan fingerprint density at radius 2 is 1.88 bits per heavy atom. The van der Waals surface area contributed by atoms with Crippen molar-refractivity contribution >= 4 is 33.3 Å². The van der Waals surface area contributed by atoms with Crippen LogP contribution in [0.25, 0.3) is 27.1 Å². The first kappa shape index (κ1) is 22.7. The number of amides is 1. The number of hydrogen-bond acceptors (Lipinski definition) is 6. The number of likely N-dealkylation sites (tertiary alicyclic amines) is 1. The van der Waals surface area contributed by atoms with E-state index >= 15 is 4.39 Å². The molecule has 1 fully saturated rings. The highest BCUT2D eigenvalue weighted by Crippen LogP contribution is 2.37. The van der Waals surface area contributed by atoms with Gasteiger partial charge < -0.3 is 9.64 Å². The Morgan fingerprint density at radius 3 is 2.59 bits per heavy atom. The van der Waals surface area contributed by atoms with Gasteiger partial charge in [0.15, 0.2) is 11.5 Å². The maximum Gasteiger partial charge on any atom is 0.410 e. The molecule has 9 heteroatoms. The Labute approximate surface area is 201 Å². The number of hydrogen-bond donors (Lipinski definition) is 0. The predicted molar refractivity (Wildman–Crippen MR) is 131 cm³/mol. The Balaban J connectivity index is 1.39. The Morgan fingerprint density at radius 1 is 1.15 bits per heavy atom. The number of rotatable bonds is 2. The second kappa shape index (κ2) is 8.30. The number of benzene rings is 1. The third kappa shape index (κ3) is 4.36. The van der Waals surface area contributed by atoms with Crippen LogP contribution < -0.4 is 0 Å². The van der Waals surface area contributed by atoms with E-state index in [1.54, 1.807) is 9.42 Å².